The molecule has 5 heteroatoms. The molecule has 1 saturated carbocycles. The highest BCUT2D eigenvalue weighted by Gasteiger charge is 2.55. The molecule has 1 N–H and O–H groups in total. The van der Waals surface area contributed by atoms with Crippen LogP contribution < -0.4 is 0 Å². The number of carboxylic acids is 1. The quantitative estimate of drug-likeness (QED) is 0.891. The largest absolute Gasteiger partial charge is 0.481 e. The molecule has 20 heavy (non-hydrogen) atoms. The van der Waals surface area contributed by atoms with Gasteiger partial charge in [-0.05, 0) is 37.8 Å². The van der Waals surface area contributed by atoms with Crippen LogP contribution in [0.5, 0.6) is 0 Å². The molecule has 1 amide bonds. The third-order valence-electron chi connectivity index (χ3n) is 4.69. The van der Waals surface area contributed by atoms with Gasteiger partial charge < -0.3 is 10.0 Å². The van der Waals surface area contributed by atoms with Crippen LogP contribution in [-0.2, 0) is 4.79 Å². The van der Waals surface area contributed by atoms with E-state index in [1.54, 1.807) is 17.0 Å². The van der Waals surface area contributed by atoms with Gasteiger partial charge in [-0.1, -0.05) is 12.5 Å². The summed E-state index contributed by atoms with van der Waals surface area (Å²) in [6, 6.07) is 5.34. The fourth-order valence-electron chi connectivity index (χ4n) is 3.62. The zero-order valence-electron chi connectivity index (χ0n) is 11.5. The van der Waals surface area contributed by atoms with Crippen LogP contribution in [-0.4, -0.2) is 40.0 Å². The Balaban J connectivity index is 1.84. The number of carbonyl (C=O) groups is 2. The van der Waals surface area contributed by atoms with Crippen molar-refractivity contribution in [3.8, 4) is 0 Å². The van der Waals surface area contributed by atoms with E-state index in [4.69, 9.17) is 0 Å². The second-order valence-corrected chi connectivity index (χ2v) is 5.90. The Hall–Kier alpha value is -1.91. The number of carbonyl (C=O) groups excluding carboxylic acids is 1. The molecule has 5 nitrogen and oxygen atoms in total. The van der Waals surface area contributed by atoms with Gasteiger partial charge in [0, 0.05) is 18.8 Å². The maximum Gasteiger partial charge on any atom is 0.311 e. The van der Waals surface area contributed by atoms with E-state index in [0.717, 1.165) is 18.5 Å². The normalized spacial score (nSPS) is 28.4. The molecular formula is C15H18N2O3. The molecule has 0 bridgehead atoms. The molecule has 1 aliphatic carbocycles. The summed E-state index contributed by atoms with van der Waals surface area (Å²) >= 11 is 0. The molecule has 1 aliphatic heterocycles. The molecule has 2 atom stereocenters. The van der Waals surface area contributed by atoms with Gasteiger partial charge in [-0.15, -0.1) is 0 Å². The van der Waals surface area contributed by atoms with Crippen LogP contribution in [0.25, 0.3) is 0 Å². The Kier molecular flexibility index (Phi) is 3.00. The average Bonchev–Trinajstić information content (AvgIpc) is 2.95. The number of rotatable bonds is 2. The van der Waals surface area contributed by atoms with Crippen molar-refractivity contribution < 1.29 is 14.7 Å². The Bertz CT molecular complexity index is 572. The molecule has 2 aliphatic rings. The Morgan fingerprint density at radius 2 is 2.25 bits per heavy atom. The van der Waals surface area contributed by atoms with Crippen molar-refractivity contribution >= 4 is 11.9 Å². The van der Waals surface area contributed by atoms with E-state index in [2.05, 4.69) is 4.98 Å². The average molecular weight is 274 g/mol. The highest BCUT2D eigenvalue weighted by atomic mass is 16.4. The molecule has 0 spiro atoms. The number of fused-ring (bicyclic) bond motifs is 1. The van der Waals surface area contributed by atoms with Crippen molar-refractivity contribution in [2.75, 3.05) is 13.1 Å². The monoisotopic (exact) mass is 274 g/mol. The third-order valence-corrected chi connectivity index (χ3v) is 4.69. The first-order chi connectivity index (χ1) is 9.53. The molecule has 1 saturated heterocycles. The van der Waals surface area contributed by atoms with Gasteiger partial charge in [-0.2, -0.15) is 0 Å². The van der Waals surface area contributed by atoms with Gasteiger partial charge in [0.05, 0.1) is 5.41 Å². The molecule has 0 aromatic carbocycles. The lowest BCUT2D eigenvalue weighted by Gasteiger charge is -2.23. The molecule has 1 aromatic rings. The maximum atomic E-state index is 12.5. The van der Waals surface area contributed by atoms with Crippen LogP contribution in [0, 0.1) is 18.3 Å². The summed E-state index contributed by atoms with van der Waals surface area (Å²) in [5.41, 5.74) is 0.480. The summed E-state index contributed by atoms with van der Waals surface area (Å²) < 4.78 is 0. The minimum Gasteiger partial charge on any atom is -0.481 e. The van der Waals surface area contributed by atoms with Gasteiger partial charge in [0.15, 0.2) is 0 Å². The summed E-state index contributed by atoms with van der Waals surface area (Å²) in [4.78, 5) is 30.0. The summed E-state index contributed by atoms with van der Waals surface area (Å²) in [6.45, 7) is 2.70. The van der Waals surface area contributed by atoms with Gasteiger partial charge >= 0.3 is 5.97 Å². The summed E-state index contributed by atoms with van der Waals surface area (Å²) in [7, 11) is 0. The second kappa shape index (κ2) is 4.58. The standard InChI is InChI=1S/C15H18N2O3/c1-10-4-2-6-12(16-10)13(18)17-8-11-5-3-7-15(11,9-17)14(19)20/h2,4,6,11H,3,5,7-9H2,1H3,(H,19,20)/t11-,15+/m0/s1. The van der Waals surface area contributed by atoms with E-state index in [1.807, 2.05) is 13.0 Å². The third kappa shape index (κ3) is 1.88. The van der Waals surface area contributed by atoms with Gasteiger partial charge in [-0.25, -0.2) is 4.98 Å². The number of hydrogen-bond acceptors (Lipinski definition) is 3. The summed E-state index contributed by atoms with van der Waals surface area (Å²) in [5, 5.41) is 9.53. The van der Waals surface area contributed by atoms with Gasteiger partial charge in [0.25, 0.3) is 5.91 Å². The van der Waals surface area contributed by atoms with Crippen LogP contribution in [0.3, 0.4) is 0 Å². The van der Waals surface area contributed by atoms with Gasteiger partial charge in [-0.3, -0.25) is 9.59 Å². The molecule has 106 valence electrons. The van der Waals surface area contributed by atoms with Crippen molar-refractivity contribution in [3.05, 3.63) is 29.6 Å². The Morgan fingerprint density at radius 3 is 2.90 bits per heavy atom. The molecule has 3 rings (SSSR count). The first-order valence-electron chi connectivity index (χ1n) is 6.99. The van der Waals surface area contributed by atoms with Crippen molar-refractivity contribution in [2.24, 2.45) is 11.3 Å². The minimum absolute atomic E-state index is 0.0914. The number of amides is 1. The first-order valence-corrected chi connectivity index (χ1v) is 6.99. The van der Waals surface area contributed by atoms with E-state index in [-0.39, 0.29) is 11.8 Å². The fraction of sp³-hybridized carbons (Fsp3) is 0.533. The summed E-state index contributed by atoms with van der Waals surface area (Å²) in [6.07, 6.45) is 2.52. The zero-order chi connectivity index (χ0) is 14.3. The van der Waals surface area contributed by atoms with E-state index < -0.39 is 11.4 Å². The number of aliphatic carboxylic acids is 1. The lowest BCUT2D eigenvalue weighted by Crippen LogP contribution is -2.37. The van der Waals surface area contributed by atoms with Crippen LogP contribution in [0.1, 0.15) is 35.4 Å². The highest BCUT2D eigenvalue weighted by molar-refractivity contribution is 5.93. The maximum absolute atomic E-state index is 12.5. The van der Waals surface area contributed by atoms with E-state index in [0.29, 0.717) is 25.2 Å². The lowest BCUT2D eigenvalue weighted by molar-refractivity contribution is -0.149. The van der Waals surface area contributed by atoms with Crippen LogP contribution in [0.15, 0.2) is 18.2 Å². The molecule has 0 unspecified atom stereocenters. The van der Waals surface area contributed by atoms with Crippen LogP contribution in [0.2, 0.25) is 0 Å². The predicted molar refractivity (Wildman–Crippen MR) is 72.3 cm³/mol. The number of carboxylic acid groups (broad SMARTS) is 1. The molecule has 2 heterocycles. The van der Waals surface area contributed by atoms with Gasteiger partial charge in [0.2, 0.25) is 0 Å². The van der Waals surface area contributed by atoms with Crippen LogP contribution in [0.4, 0.5) is 0 Å². The molecule has 2 fully saturated rings. The topological polar surface area (TPSA) is 70.5 Å². The number of nitrogens with zero attached hydrogens (tertiary/aromatic N) is 2. The zero-order valence-corrected chi connectivity index (χ0v) is 11.5. The minimum atomic E-state index is -0.757. The lowest BCUT2D eigenvalue weighted by atomic mass is 9.81. The molecular weight excluding hydrogens is 256 g/mol. The van der Waals surface area contributed by atoms with Crippen molar-refractivity contribution in [2.45, 2.75) is 26.2 Å². The van der Waals surface area contributed by atoms with Gasteiger partial charge in [0.1, 0.15) is 5.69 Å². The smallest absolute Gasteiger partial charge is 0.311 e. The van der Waals surface area contributed by atoms with E-state index in [9.17, 15) is 14.7 Å². The van der Waals surface area contributed by atoms with E-state index >= 15 is 0 Å². The fourth-order valence-corrected chi connectivity index (χ4v) is 3.62. The number of aryl methyl sites for hydroxylation is 1. The van der Waals surface area contributed by atoms with Crippen molar-refractivity contribution in [1.82, 2.24) is 9.88 Å². The van der Waals surface area contributed by atoms with Crippen LogP contribution >= 0.6 is 0 Å². The molecule has 1 aromatic heterocycles. The SMILES string of the molecule is Cc1cccc(C(=O)N2C[C@@H]3CCC[C@@]3(C(=O)O)C2)n1. The number of hydrogen-bond donors (Lipinski definition) is 1. The second-order valence-electron chi connectivity index (χ2n) is 5.90. The Labute approximate surface area is 117 Å². The number of pyridine rings is 1. The predicted octanol–water partition coefficient (Wildman–Crippen LogP) is 1.72. The van der Waals surface area contributed by atoms with Crippen molar-refractivity contribution in [3.63, 3.8) is 0 Å². The van der Waals surface area contributed by atoms with E-state index in [1.165, 1.54) is 0 Å². The summed E-state index contributed by atoms with van der Waals surface area (Å²) in [5.74, 6) is -0.815. The number of aromatic nitrogens is 1. The molecule has 0 radical (unpaired) electrons. The van der Waals surface area contributed by atoms with Crippen molar-refractivity contribution in [1.29, 1.82) is 0 Å². The Morgan fingerprint density at radius 1 is 1.45 bits per heavy atom. The first kappa shape index (κ1) is 13.1. The number of likely N-dealkylation sites (tertiary alicyclic amines) is 1. The highest BCUT2D eigenvalue weighted by Crippen LogP contribution is 2.49.